The molecule has 0 unspecified atom stereocenters. The number of hydrogen-bond donors (Lipinski definition) is 3. The monoisotopic (exact) mass is 383 g/mol. The average molecular weight is 384 g/mol. The molecule has 0 saturated heterocycles. The van der Waals surface area contributed by atoms with E-state index in [4.69, 9.17) is 23.8 Å². The summed E-state index contributed by atoms with van der Waals surface area (Å²) in [6.07, 6.45) is 0. The summed E-state index contributed by atoms with van der Waals surface area (Å²) in [7, 11) is -3.44. The third kappa shape index (κ3) is 5.45. The van der Waals surface area contributed by atoms with Gasteiger partial charge in [0.05, 0.1) is 4.90 Å². The Balaban J connectivity index is 1.91. The van der Waals surface area contributed by atoms with Crippen LogP contribution in [-0.4, -0.2) is 20.1 Å². The van der Waals surface area contributed by atoms with Gasteiger partial charge in [-0.15, -0.1) is 0 Å². The van der Waals surface area contributed by atoms with Gasteiger partial charge in [0, 0.05) is 23.8 Å². The summed E-state index contributed by atoms with van der Waals surface area (Å²) >= 11 is 11.1. The van der Waals surface area contributed by atoms with Crippen LogP contribution in [0.4, 0.5) is 5.69 Å². The molecular formula is C16H18ClN3O2S2. The molecule has 2 aromatic carbocycles. The van der Waals surface area contributed by atoms with Crippen molar-refractivity contribution in [1.82, 2.24) is 10.0 Å². The number of halogens is 1. The number of nitrogens with one attached hydrogen (secondary N) is 3. The van der Waals surface area contributed by atoms with Crippen molar-refractivity contribution in [3.05, 3.63) is 59.1 Å². The van der Waals surface area contributed by atoms with Crippen molar-refractivity contribution >= 4 is 44.6 Å². The van der Waals surface area contributed by atoms with Gasteiger partial charge in [-0.05, 0) is 54.2 Å². The second kappa shape index (κ2) is 8.43. The van der Waals surface area contributed by atoms with Gasteiger partial charge in [-0.1, -0.05) is 30.7 Å². The lowest BCUT2D eigenvalue weighted by molar-refractivity contribution is 0.584. The number of thiocarbonyl (C=S) groups is 1. The Bertz CT molecular complexity index is 791. The Hall–Kier alpha value is -1.67. The van der Waals surface area contributed by atoms with E-state index in [0.717, 1.165) is 5.56 Å². The second-order valence-corrected chi connectivity index (χ2v) is 7.57. The molecule has 24 heavy (non-hydrogen) atoms. The van der Waals surface area contributed by atoms with Crippen molar-refractivity contribution in [2.45, 2.75) is 18.4 Å². The van der Waals surface area contributed by atoms with Crippen LogP contribution < -0.4 is 15.4 Å². The molecule has 3 N–H and O–H groups in total. The molecular weight excluding hydrogens is 366 g/mol. The highest BCUT2D eigenvalue weighted by atomic mass is 35.5. The Morgan fingerprint density at radius 2 is 1.71 bits per heavy atom. The molecule has 0 aromatic heterocycles. The quantitative estimate of drug-likeness (QED) is 0.668. The number of sulfonamides is 1. The van der Waals surface area contributed by atoms with Crippen LogP contribution in [0.3, 0.4) is 0 Å². The van der Waals surface area contributed by atoms with E-state index in [1.54, 1.807) is 19.1 Å². The van der Waals surface area contributed by atoms with Gasteiger partial charge in [0.15, 0.2) is 5.11 Å². The van der Waals surface area contributed by atoms with E-state index in [9.17, 15) is 8.42 Å². The van der Waals surface area contributed by atoms with Crippen LogP contribution >= 0.6 is 23.8 Å². The minimum atomic E-state index is -3.44. The van der Waals surface area contributed by atoms with Crippen molar-refractivity contribution in [2.24, 2.45) is 0 Å². The van der Waals surface area contributed by atoms with Crippen molar-refractivity contribution in [3.8, 4) is 0 Å². The lowest BCUT2D eigenvalue weighted by Crippen LogP contribution is -2.28. The molecule has 128 valence electrons. The lowest BCUT2D eigenvalue weighted by Gasteiger charge is -2.11. The molecule has 2 rings (SSSR count). The first kappa shape index (κ1) is 18.7. The topological polar surface area (TPSA) is 70.2 Å². The first-order valence-electron chi connectivity index (χ1n) is 7.30. The Morgan fingerprint density at radius 3 is 2.29 bits per heavy atom. The highest BCUT2D eigenvalue weighted by Crippen LogP contribution is 2.14. The fourth-order valence-electron chi connectivity index (χ4n) is 1.95. The third-order valence-electron chi connectivity index (χ3n) is 3.12. The Kier molecular flexibility index (Phi) is 6.56. The van der Waals surface area contributed by atoms with Crippen LogP contribution in [0.2, 0.25) is 5.02 Å². The molecule has 0 aliphatic heterocycles. The minimum absolute atomic E-state index is 0.218. The van der Waals surface area contributed by atoms with E-state index in [2.05, 4.69) is 15.4 Å². The molecule has 0 aliphatic carbocycles. The normalized spacial score (nSPS) is 11.1. The number of benzene rings is 2. The van der Waals surface area contributed by atoms with Gasteiger partial charge >= 0.3 is 0 Å². The molecule has 0 amide bonds. The summed E-state index contributed by atoms with van der Waals surface area (Å²) in [6.45, 7) is 2.65. The van der Waals surface area contributed by atoms with Gasteiger partial charge in [-0.2, -0.15) is 0 Å². The van der Waals surface area contributed by atoms with Gasteiger partial charge in [-0.3, -0.25) is 0 Å². The molecule has 0 radical (unpaired) electrons. The highest BCUT2D eigenvalue weighted by Gasteiger charge is 2.11. The van der Waals surface area contributed by atoms with E-state index in [-0.39, 0.29) is 4.90 Å². The molecule has 2 aromatic rings. The first-order chi connectivity index (χ1) is 11.4. The van der Waals surface area contributed by atoms with E-state index >= 15 is 0 Å². The molecule has 0 fully saturated rings. The molecule has 0 saturated carbocycles. The van der Waals surface area contributed by atoms with Crippen LogP contribution in [0.25, 0.3) is 0 Å². The number of hydrogen-bond acceptors (Lipinski definition) is 3. The fraction of sp³-hybridized carbons (Fsp3) is 0.188. The van der Waals surface area contributed by atoms with Gasteiger partial charge in [0.1, 0.15) is 0 Å². The minimum Gasteiger partial charge on any atom is -0.358 e. The largest absolute Gasteiger partial charge is 0.358 e. The van der Waals surface area contributed by atoms with E-state index in [0.29, 0.717) is 28.9 Å². The SMILES string of the molecule is CCNS(=O)(=O)c1ccc(NC(=S)NCc2ccc(Cl)cc2)cc1. The van der Waals surface area contributed by atoms with E-state index in [1.807, 2.05) is 24.3 Å². The summed E-state index contributed by atoms with van der Waals surface area (Å²) in [6, 6.07) is 13.9. The zero-order chi connectivity index (χ0) is 17.6. The fourth-order valence-corrected chi connectivity index (χ4v) is 3.31. The summed E-state index contributed by atoms with van der Waals surface area (Å²) in [5, 5.41) is 7.23. The molecule has 0 aliphatic rings. The highest BCUT2D eigenvalue weighted by molar-refractivity contribution is 7.89. The second-order valence-electron chi connectivity index (χ2n) is 4.96. The molecule has 0 bridgehead atoms. The average Bonchev–Trinajstić information content (AvgIpc) is 2.55. The maximum atomic E-state index is 11.9. The lowest BCUT2D eigenvalue weighted by atomic mass is 10.2. The Morgan fingerprint density at radius 1 is 1.08 bits per heavy atom. The molecule has 0 spiro atoms. The molecule has 0 atom stereocenters. The maximum absolute atomic E-state index is 11.9. The van der Waals surface area contributed by atoms with Crippen LogP contribution in [0.1, 0.15) is 12.5 Å². The summed E-state index contributed by atoms with van der Waals surface area (Å²) in [5.74, 6) is 0. The summed E-state index contributed by atoms with van der Waals surface area (Å²) in [5.41, 5.74) is 1.76. The summed E-state index contributed by atoms with van der Waals surface area (Å²) < 4.78 is 26.2. The van der Waals surface area contributed by atoms with Crippen LogP contribution in [0.15, 0.2) is 53.4 Å². The zero-order valence-corrected chi connectivity index (χ0v) is 15.4. The Labute approximate surface area is 152 Å². The number of anilines is 1. The van der Waals surface area contributed by atoms with Crippen molar-refractivity contribution in [1.29, 1.82) is 0 Å². The van der Waals surface area contributed by atoms with Crippen LogP contribution in [0, 0.1) is 0 Å². The predicted octanol–water partition coefficient (Wildman–Crippen LogP) is 3.12. The van der Waals surface area contributed by atoms with Gasteiger partial charge in [0.2, 0.25) is 10.0 Å². The van der Waals surface area contributed by atoms with E-state index in [1.165, 1.54) is 12.1 Å². The third-order valence-corrected chi connectivity index (χ3v) is 5.18. The van der Waals surface area contributed by atoms with Crippen LogP contribution in [0.5, 0.6) is 0 Å². The summed E-state index contributed by atoms with van der Waals surface area (Å²) in [4.78, 5) is 0.218. The predicted molar refractivity (Wildman–Crippen MR) is 102 cm³/mol. The molecule has 0 heterocycles. The van der Waals surface area contributed by atoms with Crippen molar-refractivity contribution in [3.63, 3.8) is 0 Å². The molecule has 8 heteroatoms. The van der Waals surface area contributed by atoms with Crippen molar-refractivity contribution < 1.29 is 8.42 Å². The van der Waals surface area contributed by atoms with Gasteiger partial charge < -0.3 is 10.6 Å². The van der Waals surface area contributed by atoms with Gasteiger partial charge in [0.25, 0.3) is 0 Å². The van der Waals surface area contributed by atoms with Crippen LogP contribution in [-0.2, 0) is 16.6 Å². The molecule has 5 nitrogen and oxygen atoms in total. The maximum Gasteiger partial charge on any atom is 0.240 e. The number of rotatable bonds is 6. The standard InChI is InChI=1S/C16H18ClN3O2S2/c1-2-19-24(21,22)15-9-7-14(8-10-15)20-16(23)18-11-12-3-5-13(17)6-4-12/h3-10,19H,2,11H2,1H3,(H2,18,20,23). The smallest absolute Gasteiger partial charge is 0.240 e. The zero-order valence-electron chi connectivity index (χ0n) is 13.0. The van der Waals surface area contributed by atoms with E-state index < -0.39 is 10.0 Å². The van der Waals surface area contributed by atoms with Crippen molar-refractivity contribution in [2.75, 3.05) is 11.9 Å². The first-order valence-corrected chi connectivity index (χ1v) is 9.56. The van der Waals surface area contributed by atoms with Gasteiger partial charge in [-0.25, -0.2) is 13.1 Å².